The molecule has 24 heavy (non-hydrogen) atoms. The van der Waals surface area contributed by atoms with Crippen LogP contribution in [-0.2, 0) is 4.79 Å². The molecule has 2 N–H and O–H groups in total. The third-order valence-electron chi connectivity index (χ3n) is 3.73. The number of para-hydroxylation sites is 1. The lowest BCUT2D eigenvalue weighted by Gasteiger charge is -2.06. The molecule has 0 saturated heterocycles. The molecular formula is C17H10Cl2N4O. The van der Waals surface area contributed by atoms with Gasteiger partial charge in [-0.1, -0.05) is 35.3 Å². The van der Waals surface area contributed by atoms with Crippen molar-refractivity contribution in [2.75, 3.05) is 5.32 Å². The summed E-state index contributed by atoms with van der Waals surface area (Å²) in [5.41, 5.74) is 3.47. The van der Waals surface area contributed by atoms with Gasteiger partial charge in [-0.15, -0.1) is 0 Å². The van der Waals surface area contributed by atoms with E-state index in [0.29, 0.717) is 44.6 Å². The first-order chi connectivity index (χ1) is 11.7. The van der Waals surface area contributed by atoms with Crippen molar-refractivity contribution in [3.8, 4) is 11.4 Å². The molecule has 0 spiro atoms. The Labute approximate surface area is 146 Å². The number of aromatic nitrogens is 3. The molecule has 0 fully saturated rings. The van der Waals surface area contributed by atoms with Gasteiger partial charge in [0.15, 0.2) is 0 Å². The predicted octanol–water partition coefficient (Wildman–Crippen LogP) is 4.65. The van der Waals surface area contributed by atoms with Crippen molar-refractivity contribution in [2.24, 2.45) is 0 Å². The summed E-state index contributed by atoms with van der Waals surface area (Å²) in [6, 6.07) is 11.0. The Bertz CT molecular complexity index is 1090. The Hall–Kier alpha value is -2.63. The molecule has 0 saturated carbocycles. The standard InChI is InChI=1S/C17H10Cl2N4O/c18-10-6-9-4-5-11(19)14(15(9)20-7-10)17-22-13-3-1-2-12(21-8-24)16(13)23-17/h1-8H,(H,21,24)(H,22,23). The summed E-state index contributed by atoms with van der Waals surface area (Å²) in [5, 5.41) is 4.60. The number of anilines is 1. The number of imidazole rings is 1. The van der Waals surface area contributed by atoms with E-state index in [0.717, 1.165) is 10.9 Å². The molecule has 0 aliphatic heterocycles. The van der Waals surface area contributed by atoms with Gasteiger partial charge in [-0.25, -0.2) is 4.98 Å². The molecule has 0 radical (unpaired) electrons. The molecular weight excluding hydrogens is 347 g/mol. The van der Waals surface area contributed by atoms with E-state index >= 15 is 0 Å². The minimum Gasteiger partial charge on any atom is -0.338 e. The number of carbonyl (C=O) groups is 1. The summed E-state index contributed by atoms with van der Waals surface area (Å²) in [4.78, 5) is 23.0. The van der Waals surface area contributed by atoms with Gasteiger partial charge in [-0.2, -0.15) is 0 Å². The van der Waals surface area contributed by atoms with E-state index < -0.39 is 0 Å². The van der Waals surface area contributed by atoms with E-state index in [9.17, 15) is 4.79 Å². The highest BCUT2D eigenvalue weighted by Gasteiger charge is 2.15. The number of nitrogens with zero attached hydrogens (tertiary/aromatic N) is 2. The maximum Gasteiger partial charge on any atom is 0.211 e. The molecule has 2 heterocycles. The van der Waals surface area contributed by atoms with Gasteiger partial charge >= 0.3 is 0 Å². The van der Waals surface area contributed by atoms with Crippen LogP contribution in [0.3, 0.4) is 0 Å². The van der Waals surface area contributed by atoms with Crippen LogP contribution in [0.5, 0.6) is 0 Å². The van der Waals surface area contributed by atoms with Crippen molar-refractivity contribution < 1.29 is 4.79 Å². The lowest BCUT2D eigenvalue weighted by molar-refractivity contribution is -0.105. The third kappa shape index (κ3) is 2.38. The van der Waals surface area contributed by atoms with Gasteiger partial charge in [0.25, 0.3) is 0 Å². The Morgan fingerprint density at radius 2 is 2.00 bits per heavy atom. The Morgan fingerprint density at radius 1 is 1.12 bits per heavy atom. The summed E-state index contributed by atoms with van der Waals surface area (Å²) in [5.74, 6) is 0.579. The van der Waals surface area contributed by atoms with Crippen LogP contribution >= 0.6 is 23.2 Å². The van der Waals surface area contributed by atoms with Gasteiger partial charge in [0.2, 0.25) is 6.41 Å². The second-order valence-corrected chi connectivity index (χ2v) is 6.04. The molecule has 0 aliphatic carbocycles. The molecule has 118 valence electrons. The zero-order chi connectivity index (χ0) is 16.7. The highest BCUT2D eigenvalue weighted by Crippen LogP contribution is 2.35. The lowest BCUT2D eigenvalue weighted by atomic mass is 10.1. The Morgan fingerprint density at radius 3 is 2.83 bits per heavy atom. The first-order valence-corrected chi connectivity index (χ1v) is 7.86. The maximum absolute atomic E-state index is 10.8. The summed E-state index contributed by atoms with van der Waals surface area (Å²) in [7, 11) is 0. The molecule has 1 amide bonds. The smallest absolute Gasteiger partial charge is 0.211 e. The molecule has 0 atom stereocenters. The van der Waals surface area contributed by atoms with Gasteiger partial charge in [0.05, 0.1) is 32.3 Å². The van der Waals surface area contributed by atoms with E-state index in [1.165, 1.54) is 0 Å². The number of halogens is 2. The van der Waals surface area contributed by atoms with Crippen molar-refractivity contribution in [3.63, 3.8) is 0 Å². The topological polar surface area (TPSA) is 70.7 Å². The normalized spacial score (nSPS) is 11.1. The molecule has 2 aromatic heterocycles. The molecule has 5 nitrogen and oxygen atoms in total. The number of hydrogen-bond donors (Lipinski definition) is 2. The molecule has 0 bridgehead atoms. The summed E-state index contributed by atoms with van der Waals surface area (Å²) >= 11 is 12.4. The number of H-pyrrole nitrogens is 1. The van der Waals surface area contributed by atoms with Crippen LogP contribution in [0.1, 0.15) is 0 Å². The fraction of sp³-hybridized carbons (Fsp3) is 0. The zero-order valence-corrected chi connectivity index (χ0v) is 13.7. The van der Waals surface area contributed by atoms with Crippen molar-refractivity contribution in [3.05, 3.63) is 52.6 Å². The Balaban J connectivity index is 2.01. The Kier molecular flexibility index (Phi) is 3.59. The first-order valence-electron chi connectivity index (χ1n) is 7.10. The number of pyridine rings is 1. The van der Waals surface area contributed by atoms with Crippen LogP contribution in [-0.4, -0.2) is 21.4 Å². The molecule has 2 aromatic carbocycles. The predicted molar refractivity (Wildman–Crippen MR) is 96.5 cm³/mol. The fourth-order valence-corrected chi connectivity index (χ4v) is 3.11. The van der Waals surface area contributed by atoms with E-state index in [4.69, 9.17) is 23.2 Å². The number of carbonyl (C=O) groups excluding carboxylic acids is 1. The minimum absolute atomic E-state index is 0.529. The molecule has 4 rings (SSSR count). The number of rotatable bonds is 3. The number of aromatic amines is 1. The van der Waals surface area contributed by atoms with Crippen molar-refractivity contribution in [1.82, 2.24) is 15.0 Å². The van der Waals surface area contributed by atoms with E-state index in [2.05, 4.69) is 20.3 Å². The van der Waals surface area contributed by atoms with Gasteiger partial charge in [-0.3, -0.25) is 9.78 Å². The highest BCUT2D eigenvalue weighted by atomic mass is 35.5. The molecule has 0 aliphatic rings. The van der Waals surface area contributed by atoms with Crippen molar-refractivity contribution in [2.45, 2.75) is 0 Å². The highest BCUT2D eigenvalue weighted by molar-refractivity contribution is 6.35. The van der Waals surface area contributed by atoms with Gasteiger partial charge < -0.3 is 10.3 Å². The summed E-state index contributed by atoms with van der Waals surface area (Å²) in [6.45, 7) is 0. The third-order valence-corrected chi connectivity index (χ3v) is 4.25. The fourth-order valence-electron chi connectivity index (χ4n) is 2.71. The second kappa shape index (κ2) is 5.78. The van der Waals surface area contributed by atoms with E-state index in [1.807, 2.05) is 24.3 Å². The van der Waals surface area contributed by atoms with Crippen molar-refractivity contribution >= 4 is 57.2 Å². The number of benzene rings is 2. The SMILES string of the molecule is O=CNc1cccc2[nH]c(-c3c(Cl)ccc4cc(Cl)cnc34)nc12. The van der Waals surface area contributed by atoms with Gasteiger partial charge in [-0.05, 0) is 24.3 Å². The average molecular weight is 357 g/mol. The molecule has 4 aromatic rings. The van der Waals surface area contributed by atoms with Crippen LogP contribution in [0.2, 0.25) is 10.0 Å². The van der Waals surface area contributed by atoms with E-state index in [1.54, 1.807) is 18.3 Å². The second-order valence-electron chi connectivity index (χ2n) is 5.20. The van der Waals surface area contributed by atoms with Crippen molar-refractivity contribution in [1.29, 1.82) is 0 Å². The number of fused-ring (bicyclic) bond motifs is 2. The summed E-state index contributed by atoms with van der Waals surface area (Å²) in [6.07, 6.45) is 2.20. The zero-order valence-electron chi connectivity index (χ0n) is 12.2. The van der Waals surface area contributed by atoms with Crippen LogP contribution < -0.4 is 5.32 Å². The number of hydrogen-bond acceptors (Lipinski definition) is 3. The lowest BCUT2D eigenvalue weighted by Crippen LogP contribution is -1.94. The maximum atomic E-state index is 10.8. The van der Waals surface area contributed by atoms with Gasteiger partial charge in [0.1, 0.15) is 11.3 Å². The number of amides is 1. The molecule has 7 heteroatoms. The largest absolute Gasteiger partial charge is 0.338 e. The summed E-state index contributed by atoms with van der Waals surface area (Å²) < 4.78 is 0. The average Bonchev–Trinajstić information content (AvgIpc) is 3.00. The monoisotopic (exact) mass is 356 g/mol. The van der Waals surface area contributed by atoms with Gasteiger partial charge in [0, 0.05) is 11.6 Å². The van der Waals surface area contributed by atoms with Crippen LogP contribution in [0.15, 0.2) is 42.6 Å². The number of nitrogens with one attached hydrogen (secondary N) is 2. The van der Waals surface area contributed by atoms with Crippen LogP contribution in [0.25, 0.3) is 33.3 Å². The van der Waals surface area contributed by atoms with Crippen LogP contribution in [0, 0.1) is 0 Å². The van der Waals surface area contributed by atoms with Crippen LogP contribution in [0.4, 0.5) is 5.69 Å². The van der Waals surface area contributed by atoms with E-state index in [-0.39, 0.29) is 0 Å². The quantitative estimate of drug-likeness (QED) is 0.524. The minimum atomic E-state index is 0.529. The first kappa shape index (κ1) is 14.9. The molecule has 0 unspecified atom stereocenters.